The lowest BCUT2D eigenvalue weighted by Gasteiger charge is -2.31. The fourth-order valence-corrected chi connectivity index (χ4v) is 5.42. The lowest BCUT2D eigenvalue weighted by molar-refractivity contribution is -0.159. The van der Waals surface area contributed by atoms with Crippen LogP contribution in [0, 0.1) is 5.92 Å². The van der Waals surface area contributed by atoms with Gasteiger partial charge in [-0.2, -0.15) is 0 Å². The molecule has 1 fully saturated rings. The number of rotatable bonds is 9. The zero-order chi connectivity index (χ0) is 26.3. The highest BCUT2D eigenvalue weighted by Crippen LogP contribution is 2.35. The van der Waals surface area contributed by atoms with Crippen molar-refractivity contribution in [2.24, 2.45) is 17.4 Å². The summed E-state index contributed by atoms with van der Waals surface area (Å²) in [6.07, 6.45) is 9.61. The van der Waals surface area contributed by atoms with Crippen molar-refractivity contribution in [3.8, 4) is 10.4 Å². The van der Waals surface area contributed by atoms with Crippen LogP contribution in [0.25, 0.3) is 16.5 Å². The van der Waals surface area contributed by atoms with E-state index in [1.54, 1.807) is 6.07 Å². The molecular formula is C27H36N4O4S. The van der Waals surface area contributed by atoms with E-state index in [2.05, 4.69) is 10.6 Å². The molecule has 0 bridgehead atoms. The van der Waals surface area contributed by atoms with Crippen LogP contribution in [-0.2, 0) is 9.53 Å². The van der Waals surface area contributed by atoms with Gasteiger partial charge in [-0.05, 0) is 56.7 Å². The average molecular weight is 513 g/mol. The Morgan fingerprint density at radius 1 is 1.11 bits per heavy atom. The molecule has 1 aromatic carbocycles. The predicted octanol–water partition coefficient (Wildman–Crippen LogP) is 4.90. The molecule has 1 saturated carbocycles. The molecule has 194 valence electrons. The van der Waals surface area contributed by atoms with Crippen molar-refractivity contribution in [3.05, 3.63) is 47.5 Å². The number of primary amides is 2. The number of thiophene rings is 1. The molecule has 2 aromatic rings. The van der Waals surface area contributed by atoms with Gasteiger partial charge in [0.25, 0.3) is 5.91 Å². The van der Waals surface area contributed by atoms with Gasteiger partial charge < -0.3 is 21.5 Å². The number of nitrogens with two attached hydrogens (primary N) is 2. The van der Waals surface area contributed by atoms with E-state index in [9.17, 15) is 14.4 Å². The number of nitrogens with one attached hydrogen (secondary N) is 2. The molecule has 36 heavy (non-hydrogen) atoms. The molecule has 3 rings (SSSR count). The molecule has 1 heterocycles. The van der Waals surface area contributed by atoms with Gasteiger partial charge in [-0.3, -0.25) is 14.9 Å². The lowest BCUT2D eigenvalue weighted by atomic mass is 9.83. The van der Waals surface area contributed by atoms with Gasteiger partial charge in [0, 0.05) is 11.4 Å². The smallest absolute Gasteiger partial charge is 0.323 e. The van der Waals surface area contributed by atoms with Gasteiger partial charge in [0.2, 0.25) is 0 Å². The average Bonchev–Trinajstić information content (AvgIpc) is 3.22. The van der Waals surface area contributed by atoms with E-state index in [1.807, 2.05) is 57.2 Å². The fourth-order valence-electron chi connectivity index (χ4n) is 4.34. The number of anilines is 1. The van der Waals surface area contributed by atoms with E-state index in [0.29, 0.717) is 17.5 Å². The van der Waals surface area contributed by atoms with Crippen LogP contribution in [0.4, 0.5) is 9.80 Å². The van der Waals surface area contributed by atoms with Crippen molar-refractivity contribution in [2.45, 2.75) is 64.5 Å². The molecule has 8 nitrogen and oxygen atoms in total. The number of hydrogen-bond donors (Lipinski definition) is 4. The Balaban J connectivity index is 1.64. The second-order valence-corrected chi connectivity index (χ2v) is 11.1. The maximum Gasteiger partial charge on any atom is 0.323 e. The quantitative estimate of drug-likeness (QED) is 0.354. The number of amides is 3. The van der Waals surface area contributed by atoms with Crippen molar-refractivity contribution < 1.29 is 19.1 Å². The van der Waals surface area contributed by atoms with Crippen LogP contribution in [0.3, 0.4) is 0 Å². The van der Waals surface area contributed by atoms with Crippen LogP contribution in [0.1, 0.15) is 68.8 Å². The van der Waals surface area contributed by atoms with Gasteiger partial charge in [0.15, 0.2) is 0 Å². The van der Waals surface area contributed by atoms with Crippen molar-refractivity contribution >= 4 is 40.3 Å². The van der Waals surface area contributed by atoms with E-state index in [4.69, 9.17) is 16.2 Å². The largest absolute Gasteiger partial charge is 0.459 e. The molecule has 1 aromatic heterocycles. The van der Waals surface area contributed by atoms with Crippen molar-refractivity contribution in [1.82, 2.24) is 5.32 Å². The van der Waals surface area contributed by atoms with Crippen LogP contribution >= 0.6 is 11.3 Å². The monoisotopic (exact) mass is 512 g/mol. The van der Waals surface area contributed by atoms with E-state index in [-0.39, 0.29) is 17.6 Å². The topological polar surface area (TPSA) is 137 Å². The maximum atomic E-state index is 12.9. The summed E-state index contributed by atoms with van der Waals surface area (Å²) in [6.45, 7) is 6.24. The van der Waals surface area contributed by atoms with Crippen molar-refractivity contribution in [3.63, 3.8) is 0 Å². The number of benzene rings is 1. The third kappa shape index (κ3) is 7.93. The standard InChI is InChI=1S/C27H36N4O4S/c1-27(2,3)35-25(33)22(19-9-5-4-6-10-19)30-15-7-8-17-11-13-18(14-12-17)21-16-20(23(28)32)24(36-21)31-26(29)34/h7-8,11-14,16,19,22,30H,4-6,9-10,15H2,1-3H3,(H2,28,32)(H3,29,31,34)/b8-7+/t22-/m0/s1. The number of ether oxygens (including phenoxy) is 1. The highest BCUT2D eigenvalue weighted by Gasteiger charge is 2.32. The molecule has 0 unspecified atom stereocenters. The molecule has 9 heteroatoms. The van der Waals surface area contributed by atoms with E-state index < -0.39 is 17.5 Å². The molecule has 3 amide bonds. The zero-order valence-corrected chi connectivity index (χ0v) is 22.0. The molecule has 0 radical (unpaired) electrons. The number of esters is 1. The summed E-state index contributed by atoms with van der Waals surface area (Å²) in [4.78, 5) is 36.6. The minimum atomic E-state index is -0.752. The van der Waals surface area contributed by atoms with Crippen molar-refractivity contribution in [2.75, 3.05) is 11.9 Å². The molecule has 1 aliphatic carbocycles. The first kappa shape index (κ1) is 27.4. The summed E-state index contributed by atoms with van der Waals surface area (Å²) >= 11 is 1.24. The molecule has 0 spiro atoms. The summed E-state index contributed by atoms with van der Waals surface area (Å²) in [5.41, 5.74) is 12.2. The van der Waals surface area contributed by atoms with E-state index in [1.165, 1.54) is 17.8 Å². The SMILES string of the molecule is CC(C)(C)OC(=O)[C@@H](NC/C=C/c1ccc(-c2cc(C(N)=O)c(NC(N)=O)s2)cc1)C1CCCCC1. The third-order valence-electron chi connectivity index (χ3n) is 5.98. The minimum absolute atomic E-state index is 0.177. The molecule has 6 N–H and O–H groups in total. The normalized spacial score (nSPS) is 15.5. The number of carbonyl (C=O) groups excluding carboxylic acids is 3. The Labute approximate surface area is 216 Å². The molecule has 0 saturated heterocycles. The fraction of sp³-hybridized carbons (Fsp3) is 0.444. The Kier molecular flexibility index (Phi) is 9.28. The highest BCUT2D eigenvalue weighted by molar-refractivity contribution is 7.20. The van der Waals surface area contributed by atoms with E-state index in [0.717, 1.165) is 41.7 Å². The summed E-state index contributed by atoms with van der Waals surface area (Å²) < 4.78 is 5.69. The summed E-state index contributed by atoms with van der Waals surface area (Å²) in [5.74, 6) is -0.513. The Morgan fingerprint density at radius 2 is 1.78 bits per heavy atom. The van der Waals surface area contributed by atoms with Crippen LogP contribution in [0.5, 0.6) is 0 Å². The minimum Gasteiger partial charge on any atom is -0.459 e. The van der Waals surface area contributed by atoms with Gasteiger partial charge in [-0.15, -0.1) is 11.3 Å². The van der Waals surface area contributed by atoms with Crippen molar-refractivity contribution in [1.29, 1.82) is 0 Å². The molecule has 0 aliphatic heterocycles. The van der Waals surface area contributed by atoms with Crippen LogP contribution in [-0.4, -0.2) is 36.1 Å². The van der Waals surface area contributed by atoms with Gasteiger partial charge in [-0.25, -0.2) is 4.79 Å². The van der Waals surface area contributed by atoms with Crippen LogP contribution < -0.4 is 22.1 Å². The van der Waals surface area contributed by atoms with Crippen LogP contribution in [0.15, 0.2) is 36.4 Å². The highest BCUT2D eigenvalue weighted by atomic mass is 32.1. The second-order valence-electron chi connectivity index (χ2n) is 10.0. The zero-order valence-electron chi connectivity index (χ0n) is 21.1. The maximum absolute atomic E-state index is 12.9. The lowest BCUT2D eigenvalue weighted by Crippen LogP contribution is -2.46. The van der Waals surface area contributed by atoms with Crippen LogP contribution in [0.2, 0.25) is 0 Å². The molecular weight excluding hydrogens is 476 g/mol. The number of hydrogen-bond acceptors (Lipinski definition) is 6. The molecule has 1 atom stereocenters. The second kappa shape index (κ2) is 12.2. The summed E-state index contributed by atoms with van der Waals surface area (Å²) in [5, 5.41) is 6.19. The Morgan fingerprint density at radius 3 is 2.36 bits per heavy atom. The first-order chi connectivity index (χ1) is 17.0. The number of urea groups is 1. The Bertz CT molecular complexity index is 1100. The first-order valence-electron chi connectivity index (χ1n) is 12.3. The van der Waals surface area contributed by atoms with Gasteiger partial charge in [0.05, 0.1) is 5.56 Å². The Hall–Kier alpha value is -3.17. The van der Waals surface area contributed by atoms with Gasteiger partial charge >= 0.3 is 12.0 Å². The number of carbonyl (C=O) groups is 3. The predicted molar refractivity (Wildman–Crippen MR) is 145 cm³/mol. The third-order valence-corrected chi connectivity index (χ3v) is 7.08. The van der Waals surface area contributed by atoms with Gasteiger partial charge in [0.1, 0.15) is 16.6 Å². The summed E-state index contributed by atoms with van der Waals surface area (Å²) in [7, 11) is 0. The van der Waals surface area contributed by atoms with E-state index >= 15 is 0 Å². The molecule has 1 aliphatic rings. The first-order valence-corrected chi connectivity index (χ1v) is 13.1. The van der Waals surface area contributed by atoms with Gasteiger partial charge in [-0.1, -0.05) is 55.7 Å². The summed E-state index contributed by atoms with van der Waals surface area (Å²) in [6, 6.07) is 8.38.